The Morgan fingerprint density at radius 1 is 0.850 bits per heavy atom. The minimum atomic E-state index is 0.263. The van der Waals surface area contributed by atoms with E-state index in [0.29, 0.717) is 0 Å². The fourth-order valence-electron chi connectivity index (χ4n) is 1.89. The van der Waals surface area contributed by atoms with Crippen molar-refractivity contribution in [2.75, 3.05) is 0 Å². The van der Waals surface area contributed by atoms with E-state index >= 15 is 0 Å². The lowest BCUT2D eigenvalue weighted by Gasteiger charge is -2.08. The number of hydrogen-bond acceptors (Lipinski definition) is 2. The van der Waals surface area contributed by atoms with E-state index in [4.69, 9.17) is 0 Å². The number of hydrogen-bond donors (Lipinski definition) is 0. The molecular formula is C18H36O2. The van der Waals surface area contributed by atoms with Crippen LogP contribution in [0.4, 0.5) is 0 Å². The molecule has 0 radical (unpaired) electrons. The standard InChI is InChI=1S/C10H20O.C8H16O/c1-4-9(2)6-5-7-10(3)8-11;1-2-3-4-5-6-7-8-9/h8-10H,4-7H2,1-3H3;8H,2-7H2,1H3. The predicted molar refractivity (Wildman–Crippen MR) is 88.0 cm³/mol. The maximum absolute atomic E-state index is 10.3. The summed E-state index contributed by atoms with van der Waals surface area (Å²) >= 11 is 0. The Morgan fingerprint density at radius 3 is 2.00 bits per heavy atom. The third-order valence-electron chi connectivity index (χ3n) is 3.71. The zero-order chi connectivity index (χ0) is 15.6. The van der Waals surface area contributed by atoms with Crippen LogP contribution in [-0.4, -0.2) is 12.6 Å². The zero-order valence-electron chi connectivity index (χ0n) is 14.2. The molecular weight excluding hydrogens is 248 g/mol. The maximum atomic E-state index is 10.3. The summed E-state index contributed by atoms with van der Waals surface area (Å²) in [7, 11) is 0. The molecule has 0 saturated heterocycles. The van der Waals surface area contributed by atoms with Gasteiger partial charge in [-0.25, -0.2) is 0 Å². The second kappa shape index (κ2) is 18.3. The second-order valence-electron chi connectivity index (χ2n) is 5.93. The summed E-state index contributed by atoms with van der Waals surface area (Å²) in [4.78, 5) is 20.1. The van der Waals surface area contributed by atoms with Crippen molar-refractivity contribution >= 4 is 12.6 Å². The molecule has 0 aliphatic heterocycles. The van der Waals surface area contributed by atoms with E-state index in [9.17, 15) is 9.59 Å². The van der Waals surface area contributed by atoms with Crippen molar-refractivity contribution in [1.82, 2.24) is 0 Å². The molecule has 0 spiro atoms. The predicted octanol–water partition coefficient (Wildman–Crippen LogP) is 5.58. The van der Waals surface area contributed by atoms with Crippen LogP contribution in [0.3, 0.4) is 0 Å². The Bertz CT molecular complexity index is 202. The second-order valence-corrected chi connectivity index (χ2v) is 5.93. The van der Waals surface area contributed by atoms with Crippen molar-refractivity contribution < 1.29 is 9.59 Å². The molecule has 2 unspecified atom stereocenters. The quantitative estimate of drug-likeness (QED) is 0.346. The van der Waals surface area contributed by atoms with Crippen LogP contribution in [0.25, 0.3) is 0 Å². The molecule has 0 aliphatic carbocycles. The summed E-state index contributed by atoms with van der Waals surface area (Å²) in [5.74, 6) is 1.09. The van der Waals surface area contributed by atoms with E-state index in [1.165, 1.54) is 44.9 Å². The Hall–Kier alpha value is -0.660. The summed E-state index contributed by atoms with van der Waals surface area (Å²) < 4.78 is 0. The molecule has 0 aliphatic rings. The van der Waals surface area contributed by atoms with Gasteiger partial charge in [-0.05, 0) is 18.8 Å². The number of unbranched alkanes of at least 4 members (excludes halogenated alkanes) is 5. The highest BCUT2D eigenvalue weighted by Gasteiger charge is 2.01. The summed E-state index contributed by atoms with van der Waals surface area (Å²) in [5, 5.41) is 0. The first-order valence-corrected chi connectivity index (χ1v) is 8.51. The van der Waals surface area contributed by atoms with Crippen LogP contribution in [0.1, 0.15) is 91.9 Å². The van der Waals surface area contributed by atoms with Crippen LogP contribution in [0.5, 0.6) is 0 Å². The van der Waals surface area contributed by atoms with Crippen molar-refractivity contribution in [3.05, 3.63) is 0 Å². The van der Waals surface area contributed by atoms with Gasteiger partial charge in [0.25, 0.3) is 0 Å². The molecule has 0 heterocycles. The molecule has 0 saturated carbocycles. The summed E-state index contributed by atoms with van der Waals surface area (Å²) in [5.41, 5.74) is 0. The van der Waals surface area contributed by atoms with Crippen LogP contribution in [0.2, 0.25) is 0 Å². The molecule has 0 aromatic rings. The van der Waals surface area contributed by atoms with Crippen molar-refractivity contribution in [2.45, 2.75) is 91.9 Å². The van der Waals surface area contributed by atoms with Crippen molar-refractivity contribution in [2.24, 2.45) is 11.8 Å². The zero-order valence-corrected chi connectivity index (χ0v) is 14.2. The number of rotatable bonds is 12. The van der Waals surface area contributed by atoms with Gasteiger partial charge in [0.15, 0.2) is 0 Å². The van der Waals surface area contributed by atoms with Crippen LogP contribution >= 0.6 is 0 Å². The smallest absolute Gasteiger partial charge is 0.122 e. The lowest BCUT2D eigenvalue weighted by atomic mass is 9.98. The first-order chi connectivity index (χ1) is 9.62. The van der Waals surface area contributed by atoms with Crippen LogP contribution in [0.15, 0.2) is 0 Å². The largest absolute Gasteiger partial charge is 0.303 e. The highest BCUT2D eigenvalue weighted by Crippen LogP contribution is 2.13. The molecule has 0 aromatic heterocycles. The molecule has 2 atom stereocenters. The number of carbonyl (C=O) groups excluding carboxylic acids is 2. The molecule has 0 fully saturated rings. The SMILES string of the molecule is CCC(C)CCCC(C)C=O.CCCCCCCC=O. The van der Waals surface area contributed by atoms with Crippen LogP contribution in [0, 0.1) is 11.8 Å². The van der Waals surface area contributed by atoms with Gasteiger partial charge < -0.3 is 9.59 Å². The fourth-order valence-corrected chi connectivity index (χ4v) is 1.89. The van der Waals surface area contributed by atoms with E-state index < -0.39 is 0 Å². The minimum Gasteiger partial charge on any atom is -0.303 e. The van der Waals surface area contributed by atoms with E-state index in [1.807, 2.05) is 6.92 Å². The van der Waals surface area contributed by atoms with Gasteiger partial charge in [-0.2, -0.15) is 0 Å². The molecule has 0 rings (SSSR count). The Balaban J connectivity index is 0. The van der Waals surface area contributed by atoms with Gasteiger partial charge in [-0.15, -0.1) is 0 Å². The Labute approximate surface area is 126 Å². The fraction of sp³-hybridized carbons (Fsp3) is 0.889. The van der Waals surface area contributed by atoms with Gasteiger partial charge in [0, 0.05) is 12.3 Å². The van der Waals surface area contributed by atoms with E-state index in [0.717, 1.165) is 37.8 Å². The average molecular weight is 284 g/mol. The lowest BCUT2D eigenvalue weighted by Crippen LogP contribution is -1.98. The third-order valence-corrected chi connectivity index (χ3v) is 3.71. The minimum absolute atomic E-state index is 0.263. The van der Waals surface area contributed by atoms with Crippen LogP contribution in [-0.2, 0) is 9.59 Å². The molecule has 2 heteroatoms. The van der Waals surface area contributed by atoms with Gasteiger partial charge in [-0.1, -0.05) is 72.6 Å². The average Bonchev–Trinajstić information content (AvgIpc) is 2.47. The van der Waals surface area contributed by atoms with Gasteiger partial charge in [0.2, 0.25) is 0 Å². The monoisotopic (exact) mass is 284 g/mol. The summed E-state index contributed by atoms with van der Waals surface area (Å²) in [6.07, 6.45) is 13.8. The topological polar surface area (TPSA) is 34.1 Å². The maximum Gasteiger partial charge on any atom is 0.122 e. The van der Waals surface area contributed by atoms with Crippen molar-refractivity contribution in [3.63, 3.8) is 0 Å². The first kappa shape index (κ1) is 21.6. The first-order valence-electron chi connectivity index (χ1n) is 8.51. The molecule has 120 valence electrons. The Morgan fingerprint density at radius 2 is 1.50 bits per heavy atom. The molecule has 0 aromatic carbocycles. The summed E-state index contributed by atoms with van der Waals surface area (Å²) in [6, 6.07) is 0. The molecule has 0 bridgehead atoms. The van der Waals surface area contributed by atoms with Gasteiger partial charge in [0.1, 0.15) is 12.6 Å². The lowest BCUT2D eigenvalue weighted by molar-refractivity contribution is -0.111. The van der Waals surface area contributed by atoms with Gasteiger partial charge >= 0.3 is 0 Å². The highest BCUT2D eigenvalue weighted by atomic mass is 16.1. The van der Waals surface area contributed by atoms with Crippen LogP contribution < -0.4 is 0 Å². The van der Waals surface area contributed by atoms with E-state index in [-0.39, 0.29) is 5.92 Å². The van der Waals surface area contributed by atoms with Crippen molar-refractivity contribution in [1.29, 1.82) is 0 Å². The molecule has 20 heavy (non-hydrogen) atoms. The highest BCUT2D eigenvalue weighted by molar-refractivity contribution is 5.52. The number of carbonyl (C=O) groups is 2. The third kappa shape index (κ3) is 19.7. The number of aldehydes is 2. The Kier molecular flexibility index (Phi) is 19.8. The van der Waals surface area contributed by atoms with Gasteiger partial charge in [0.05, 0.1) is 0 Å². The van der Waals surface area contributed by atoms with Gasteiger partial charge in [-0.3, -0.25) is 0 Å². The van der Waals surface area contributed by atoms with E-state index in [2.05, 4.69) is 20.8 Å². The van der Waals surface area contributed by atoms with Crippen molar-refractivity contribution in [3.8, 4) is 0 Å². The molecule has 2 nitrogen and oxygen atoms in total. The normalized spacial score (nSPS) is 13.0. The van der Waals surface area contributed by atoms with E-state index in [1.54, 1.807) is 0 Å². The summed E-state index contributed by atoms with van der Waals surface area (Å²) in [6.45, 7) is 8.67. The molecule has 0 amide bonds. The molecule has 0 N–H and O–H groups in total.